The van der Waals surface area contributed by atoms with Gasteiger partial charge in [0.15, 0.2) is 0 Å². The Balaban J connectivity index is 2.23. The molecule has 0 aromatic carbocycles. The van der Waals surface area contributed by atoms with Crippen LogP contribution in [-0.2, 0) is 0 Å². The smallest absolute Gasteiger partial charge is 0.272 e. The highest BCUT2D eigenvalue weighted by Gasteiger charge is 2.07. The van der Waals surface area contributed by atoms with Gasteiger partial charge in [-0.15, -0.1) is 0 Å². The highest BCUT2D eigenvalue weighted by Crippen LogP contribution is 2.11. The van der Waals surface area contributed by atoms with Gasteiger partial charge in [-0.05, 0) is 25.1 Å². The number of anilines is 1. The van der Waals surface area contributed by atoms with E-state index in [0.29, 0.717) is 5.69 Å². The Morgan fingerprint density at radius 3 is 2.82 bits per heavy atom. The number of pyridine rings is 2. The molecule has 0 saturated heterocycles. The average Bonchev–Trinajstić information content (AvgIpc) is 2.32. The number of hydrogen-bond acceptors (Lipinski definition) is 3. The summed E-state index contributed by atoms with van der Waals surface area (Å²) in [5.41, 5.74) is 1.27. The van der Waals surface area contributed by atoms with E-state index in [1.807, 2.05) is 0 Å². The average molecular weight is 229 g/mol. The number of rotatable bonds is 2. The summed E-state index contributed by atoms with van der Waals surface area (Å²) in [6, 6.07) is 7.91. The summed E-state index contributed by atoms with van der Waals surface area (Å²) in [7, 11) is 0. The number of carbonyl (C=O) groups is 1. The van der Waals surface area contributed by atoms with Gasteiger partial charge < -0.3 is 10.3 Å². The first-order chi connectivity index (χ1) is 8.16. The van der Waals surface area contributed by atoms with E-state index in [1.54, 1.807) is 31.3 Å². The largest absolute Gasteiger partial charge is 0.319 e. The molecular weight excluding hydrogens is 218 g/mol. The maximum absolute atomic E-state index is 11.8. The topological polar surface area (TPSA) is 74.8 Å². The molecule has 1 amide bonds. The van der Waals surface area contributed by atoms with Gasteiger partial charge in [0, 0.05) is 12.3 Å². The second-order valence-corrected chi connectivity index (χ2v) is 3.52. The molecule has 86 valence electrons. The Labute approximate surface area is 97.5 Å². The molecule has 0 unspecified atom stereocenters. The zero-order valence-electron chi connectivity index (χ0n) is 9.23. The van der Waals surface area contributed by atoms with Gasteiger partial charge in [0.05, 0.1) is 11.4 Å². The first kappa shape index (κ1) is 11.1. The number of nitrogens with one attached hydrogen (secondary N) is 2. The van der Waals surface area contributed by atoms with Crippen LogP contribution in [0.3, 0.4) is 0 Å². The van der Waals surface area contributed by atoms with Crippen molar-refractivity contribution in [2.75, 3.05) is 5.32 Å². The van der Waals surface area contributed by atoms with Crippen LogP contribution in [0, 0.1) is 6.92 Å². The van der Waals surface area contributed by atoms with Crippen LogP contribution in [0.5, 0.6) is 0 Å². The molecule has 0 saturated carbocycles. The van der Waals surface area contributed by atoms with Crippen LogP contribution < -0.4 is 10.9 Å². The van der Waals surface area contributed by atoms with Crippen LogP contribution in [0.25, 0.3) is 0 Å². The lowest BCUT2D eigenvalue weighted by Crippen LogP contribution is -2.18. The molecule has 2 N–H and O–H groups in total. The van der Waals surface area contributed by atoms with Gasteiger partial charge in [-0.3, -0.25) is 14.6 Å². The summed E-state index contributed by atoms with van der Waals surface area (Å²) in [6.07, 6.45) is 1.65. The molecule has 0 spiro atoms. The third-order valence-electron chi connectivity index (χ3n) is 2.27. The molecule has 2 rings (SSSR count). The zero-order chi connectivity index (χ0) is 12.3. The number of H-pyrrole nitrogens is 1. The highest BCUT2D eigenvalue weighted by molar-refractivity contribution is 6.03. The molecule has 17 heavy (non-hydrogen) atoms. The Morgan fingerprint density at radius 1 is 1.29 bits per heavy atom. The number of hydrogen-bond donors (Lipinski definition) is 2. The van der Waals surface area contributed by atoms with Gasteiger partial charge in [-0.2, -0.15) is 0 Å². The molecule has 2 aromatic heterocycles. The maximum atomic E-state index is 11.8. The summed E-state index contributed by atoms with van der Waals surface area (Å²) in [5, 5.41) is 2.68. The molecule has 0 aliphatic heterocycles. The van der Waals surface area contributed by atoms with Crippen molar-refractivity contribution in [2.24, 2.45) is 0 Å². The third-order valence-corrected chi connectivity index (χ3v) is 2.27. The molecule has 5 nitrogen and oxygen atoms in total. The Hall–Kier alpha value is -2.43. The van der Waals surface area contributed by atoms with Crippen molar-refractivity contribution >= 4 is 11.6 Å². The minimum atomic E-state index is -0.362. The van der Waals surface area contributed by atoms with Gasteiger partial charge in [0.2, 0.25) is 5.56 Å². The van der Waals surface area contributed by atoms with Crippen LogP contribution in [0.1, 0.15) is 16.2 Å². The van der Waals surface area contributed by atoms with E-state index in [0.717, 1.165) is 5.69 Å². The molecule has 0 radical (unpaired) electrons. The number of aryl methyl sites for hydroxylation is 1. The van der Waals surface area contributed by atoms with E-state index < -0.39 is 0 Å². The summed E-state index contributed by atoms with van der Waals surface area (Å²) >= 11 is 0. The number of aromatic amines is 1. The van der Waals surface area contributed by atoms with E-state index in [9.17, 15) is 9.59 Å². The van der Waals surface area contributed by atoms with Crippen molar-refractivity contribution in [3.8, 4) is 0 Å². The zero-order valence-corrected chi connectivity index (χ0v) is 9.23. The molecule has 0 bridgehead atoms. The van der Waals surface area contributed by atoms with Crippen LogP contribution in [0.4, 0.5) is 5.69 Å². The van der Waals surface area contributed by atoms with Crippen LogP contribution in [0.2, 0.25) is 0 Å². The molecular formula is C12H11N3O2. The molecule has 0 aliphatic carbocycles. The normalized spacial score (nSPS) is 9.94. The summed E-state index contributed by atoms with van der Waals surface area (Å²) in [6.45, 7) is 1.79. The maximum Gasteiger partial charge on any atom is 0.272 e. The number of amides is 1. The molecule has 5 heteroatoms. The highest BCUT2D eigenvalue weighted by atomic mass is 16.2. The summed E-state index contributed by atoms with van der Waals surface area (Å²) < 4.78 is 0. The second-order valence-electron chi connectivity index (χ2n) is 3.52. The fourth-order valence-corrected chi connectivity index (χ4v) is 1.39. The van der Waals surface area contributed by atoms with Crippen LogP contribution in [0.15, 0.2) is 41.3 Å². The monoisotopic (exact) mass is 229 g/mol. The molecule has 2 heterocycles. The van der Waals surface area contributed by atoms with Gasteiger partial charge in [-0.25, -0.2) is 0 Å². The Morgan fingerprint density at radius 2 is 2.12 bits per heavy atom. The molecule has 0 atom stereocenters. The van der Waals surface area contributed by atoms with Crippen molar-refractivity contribution in [3.63, 3.8) is 0 Å². The number of carbonyl (C=O) groups excluding carboxylic acids is 1. The lowest BCUT2D eigenvalue weighted by atomic mass is 10.3. The van der Waals surface area contributed by atoms with Crippen molar-refractivity contribution in [1.82, 2.24) is 9.97 Å². The summed E-state index contributed by atoms with van der Waals surface area (Å²) in [4.78, 5) is 29.4. The first-order valence-electron chi connectivity index (χ1n) is 5.09. The fourth-order valence-electron chi connectivity index (χ4n) is 1.39. The van der Waals surface area contributed by atoms with E-state index >= 15 is 0 Å². The predicted molar refractivity (Wildman–Crippen MR) is 64.0 cm³/mol. The lowest BCUT2D eigenvalue weighted by molar-refractivity contribution is 0.102. The SMILES string of the molecule is Cc1ncccc1NC(=O)c1cccc(=O)[nH]1. The van der Waals surface area contributed by atoms with Crippen LogP contribution in [-0.4, -0.2) is 15.9 Å². The fraction of sp³-hybridized carbons (Fsp3) is 0.0833. The standard InChI is InChI=1S/C12H11N3O2/c1-8-9(5-3-7-13-8)15-12(17)10-4-2-6-11(16)14-10/h2-7H,1H3,(H,14,16)(H,15,17). The third kappa shape index (κ3) is 2.57. The summed E-state index contributed by atoms with van der Waals surface area (Å²) in [5.74, 6) is -0.362. The van der Waals surface area contributed by atoms with E-state index in [-0.39, 0.29) is 17.2 Å². The Bertz CT molecular complexity index is 604. The van der Waals surface area contributed by atoms with Gasteiger partial charge in [-0.1, -0.05) is 6.07 Å². The first-order valence-corrected chi connectivity index (χ1v) is 5.09. The van der Waals surface area contributed by atoms with Crippen molar-refractivity contribution in [1.29, 1.82) is 0 Å². The number of aromatic nitrogens is 2. The van der Waals surface area contributed by atoms with Gasteiger partial charge in [0.1, 0.15) is 5.69 Å². The van der Waals surface area contributed by atoms with Crippen molar-refractivity contribution in [3.05, 3.63) is 58.3 Å². The van der Waals surface area contributed by atoms with Gasteiger partial charge >= 0.3 is 0 Å². The number of nitrogens with zero attached hydrogens (tertiary/aromatic N) is 1. The minimum absolute atomic E-state index is 0.223. The molecule has 2 aromatic rings. The van der Waals surface area contributed by atoms with E-state index in [2.05, 4.69) is 15.3 Å². The predicted octanol–water partition coefficient (Wildman–Crippen LogP) is 1.33. The second kappa shape index (κ2) is 4.61. The molecule has 0 fully saturated rings. The quantitative estimate of drug-likeness (QED) is 0.815. The van der Waals surface area contributed by atoms with E-state index in [4.69, 9.17) is 0 Å². The van der Waals surface area contributed by atoms with Gasteiger partial charge in [0.25, 0.3) is 5.91 Å². The van der Waals surface area contributed by atoms with Crippen molar-refractivity contribution < 1.29 is 4.79 Å². The van der Waals surface area contributed by atoms with E-state index in [1.165, 1.54) is 12.1 Å². The minimum Gasteiger partial charge on any atom is -0.319 e. The van der Waals surface area contributed by atoms with Crippen molar-refractivity contribution in [2.45, 2.75) is 6.92 Å². The molecule has 0 aliphatic rings. The Kier molecular flexibility index (Phi) is 3.00. The lowest BCUT2D eigenvalue weighted by Gasteiger charge is -2.06. The van der Waals surface area contributed by atoms with Crippen LogP contribution >= 0.6 is 0 Å².